The van der Waals surface area contributed by atoms with Crippen LogP contribution in [0.25, 0.3) is 0 Å². The van der Waals surface area contributed by atoms with Crippen LogP contribution in [0.3, 0.4) is 0 Å². The minimum Gasteiger partial charge on any atom is -0.0622 e. The molecule has 3 aromatic rings. The first-order chi connectivity index (χ1) is 11.9. The van der Waals surface area contributed by atoms with Gasteiger partial charge in [-0.25, -0.2) is 0 Å². The number of benzene rings is 3. The van der Waals surface area contributed by atoms with E-state index in [4.69, 9.17) is 0 Å². The Morgan fingerprint density at radius 1 is 0.625 bits per heavy atom. The summed E-state index contributed by atoms with van der Waals surface area (Å²) in [6.45, 7) is 0. The fraction of sp³-hybridized carbons (Fsp3) is 0.250. The van der Waals surface area contributed by atoms with Gasteiger partial charge in [-0.15, -0.1) is 0 Å². The summed E-state index contributed by atoms with van der Waals surface area (Å²) in [7, 11) is 0. The van der Waals surface area contributed by atoms with Crippen molar-refractivity contribution < 1.29 is 0 Å². The maximum atomic E-state index is 2.38. The van der Waals surface area contributed by atoms with E-state index in [9.17, 15) is 0 Å². The molecule has 0 radical (unpaired) electrons. The Labute approximate surface area is 145 Å². The van der Waals surface area contributed by atoms with Crippen LogP contribution in [0.15, 0.2) is 84.9 Å². The Balaban J connectivity index is 1.78. The van der Waals surface area contributed by atoms with Crippen molar-refractivity contribution in [2.75, 3.05) is 0 Å². The van der Waals surface area contributed by atoms with E-state index in [1.54, 1.807) is 11.1 Å². The van der Waals surface area contributed by atoms with E-state index in [1.165, 1.54) is 30.4 Å². The van der Waals surface area contributed by atoms with E-state index in [0.29, 0.717) is 0 Å². The number of rotatable bonds is 4. The molecule has 0 aliphatic heterocycles. The maximum absolute atomic E-state index is 2.38. The molecular weight excluding hydrogens is 288 g/mol. The van der Waals surface area contributed by atoms with Crippen molar-refractivity contribution in [3.8, 4) is 0 Å². The molecular formula is C24H24. The average molecular weight is 312 g/mol. The van der Waals surface area contributed by atoms with Crippen molar-refractivity contribution in [1.82, 2.24) is 0 Å². The molecule has 24 heavy (non-hydrogen) atoms. The van der Waals surface area contributed by atoms with Gasteiger partial charge in [0.25, 0.3) is 0 Å². The van der Waals surface area contributed by atoms with Crippen LogP contribution >= 0.6 is 0 Å². The zero-order chi connectivity index (χ0) is 16.2. The second-order valence-electron chi connectivity index (χ2n) is 7.12. The van der Waals surface area contributed by atoms with Crippen LogP contribution in [0.5, 0.6) is 0 Å². The molecule has 0 N–H and O–H groups in total. The molecule has 120 valence electrons. The molecule has 0 saturated heterocycles. The molecule has 0 spiro atoms. The highest BCUT2D eigenvalue weighted by atomic mass is 14.4. The summed E-state index contributed by atoms with van der Waals surface area (Å²) in [4.78, 5) is 0. The molecule has 0 fully saturated rings. The Morgan fingerprint density at radius 3 is 1.79 bits per heavy atom. The smallest absolute Gasteiger partial charge is 0.00365 e. The lowest BCUT2D eigenvalue weighted by atomic mass is 9.64. The normalized spacial score (nSPS) is 15.7. The number of aryl methyl sites for hydroxylation is 1. The van der Waals surface area contributed by atoms with Gasteiger partial charge in [0.05, 0.1) is 0 Å². The summed E-state index contributed by atoms with van der Waals surface area (Å²) in [6, 6.07) is 31.1. The van der Waals surface area contributed by atoms with E-state index < -0.39 is 0 Å². The Bertz CT molecular complexity index is 745. The first-order valence-electron chi connectivity index (χ1n) is 9.02. The van der Waals surface area contributed by atoms with Gasteiger partial charge in [0, 0.05) is 5.41 Å². The predicted octanol–water partition coefficient (Wildman–Crippen LogP) is 5.75. The van der Waals surface area contributed by atoms with Crippen molar-refractivity contribution in [2.45, 2.75) is 37.5 Å². The summed E-state index contributed by atoms with van der Waals surface area (Å²) in [5.41, 5.74) is 6.24. The fourth-order valence-electron chi connectivity index (χ4n) is 4.41. The van der Waals surface area contributed by atoms with Crippen LogP contribution in [0.4, 0.5) is 0 Å². The first-order valence-corrected chi connectivity index (χ1v) is 9.02. The largest absolute Gasteiger partial charge is 0.0622 e. The zero-order valence-corrected chi connectivity index (χ0v) is 14.1. The van der Waals surface area contributed by atoms with Crippen LogP contribution in [0, 0.1) is 0 Å². The second-order valence-corrected chi connectivity index (χ2v) is 7.12. The van der Waals surface area contributed by atoms with Gasteiger partial charge in [-0.1, -0.05) is 84.9 Å². The van der Waals surface area contributed by atoms with E-state index in [-0.39, 0.29) is 5.41 Å². The van der Waals surface area contributed by atoms with Crippen LogP contribution < -0.4 is 0 Å². The highest BCUT2D eigenvalue weighted by Gasteiger charge is 2.36. The quantitative estimate of drug-likeness (QED) is 0.576. The fourth-order valence-corrected chi connectivity index (χ4v) is 4.41. The minimum absolute atomic E-state index is 0.220. The molecule has 0 unspecified atom stereocenters. The Kier molecular flexibility index (Phi) is 4.21. The van der Waals surface area contributed by atoms with Crippen LogP contribution in [-0.4, -0.2) is 0 Å². The monoisotopic (exact) mass is 312 g/mol. The van der Waals surface area contributed by atoms with Crippen LogP contribution in [-0.2, 0) is 24.7 Å². The van der Waals surface area contributed by atoms with Crippen molar-refractivity contribution in [3.63, 3.8) is 0 Å². The summed E-state index contributed by atoms with van der Waals surface area (Å²) < 4.78 is 0. The van der Waals surface area contributed by atoms with Gasteiger partial charge in [0.2, 0.25) is 0 Å². The second kappa shape index (κ2) is 6.65. The van der Waals surface area contributed by atoms with Gasteiger partial charge in [-0.05, 0) is 54.4 Å². The molecule has 0 saturated carbocycles. The van der Waals surface area contributed by atoms with E-state index in [1.807, 2.05) is 0 Å². The third-order valence-corrected chi connectivity index (χ3v) is 5.46. The van der Waals surface area contributed by atoms with Crippen LogP contribution in [0.2, 0.25) is 0 Å². The standard InChI is InChI=1S/C24H24/c1-3-10-20(11-4-1)18-24(19-21-12-5-2-6-13-21)17-9-15-22-14-7-8-16-23(22)24/h1-8,10-14,16H,9,15,17-19H2. The van der Waals surface area contributed by atoms with Gasteiger partial charge in [-0.3, -0.25) is 0 Å². The first kappa shape index (κ1) is 15.2. The SMILES string of the molecule is c1ccc(CC2(Cc3ccccc3)CCCc3ccccc32)cc1. The molecule has 0 heterocycles. The van der Waals surface area contributed by atoms with Crippen molar-refractivity contribution in [2.24, 2.45) is 0 Å². The highest BCUT2D eigenvalue weighted by molar-refractivity contribution is 5.40. The topological polar surface area (TPSA) is 0 Å². The van der Waals surface area contributed by atoms with Gasteiger partial charge < -0.3 is 0 Å². The lowest BCUT2D eigenvalue weighted by Crippen LogP contribution is -2.35. The lowest BCUT2D eigenvalue weighted by Gasteiger charge is -2.40. The average Bonchev–Trinajstić information content (AvgIpc) is 2.64. The molecule has 1 aliphatic rings. The highest BCUT2D eigenvalue weighted by Crippen LogP contribution is 2.42. The van der Waals surface area contributed by atoms with Gasteiger partial charge >= 0.3 is 0 Å². The molecule has 3 aromatic carbocycles. The molecule has 0 amide bonds. The maximum Gasteiger partial charge on any atom is 0.00365 e. The molecule has 0 aromatic heterocycles. The summed E-state index contributed by atoms with van der Waals surface area (Å²) >= 11 is 0. The van der Waals surface area contributed by atoms with E-state index in [0.717, 1.165) is 12.8 Å². The summed E-state index contributed by atoms with van der Waals surface area (Å²) in [6.07, 6.45) is 6.03. The molecule has 0 bridgehead atoms. The Hall–Kier alpha value is -2.34. The van der Waals surface area contributed by atoms with Gasteiger partial charge in [0.1, 0.15) is 0 Å². The molecule has 0 atom stereocenters. The number of hydrogen-bond acceptors (Lipinski definition) is 0. The van der Waals surface area contributed by atoms with Crippen molar-refractivity contribution in [3.05, 3.63) is 107 Å². The van der Waals surface area contributed by atoms with E-state index in [2.05, 4.69) is 84.9 Å². The van der Waals surface area contributed by atoms with Gasteiger partial charge in [-0.2, -0.15) is 0 Å². The summed E-state index contributed by atoms with van der Waals surface area (Å²) in [5, 5.41) is 0. The third-order valence-electron chi connectivity index (χ3n) is 5.46. The van der Waals surface area contributed by atoms with Crippen molar-refractivity contribution in [1.29, 1.82) is 0 Å². The Morgan fingerprint density at radius 2 is 1.17 bits per heavy atom. The van der Waals surface area contributed by atoms with Gasteiger partial charge in [0.15, 0.2) is 0 Å². The molecule has 0 heteroatoms. The molecule has 4 rings (SSSR count). The lowest BCUT2D eigenvalue weighted by molar-refractivity contribution is 0.353. The number of hydrogen-bond donors (Lipinski definition) is 0. The predicted molar refractivity (Wildman–Crippen MR) is 101 cm³/mol. The third kappa shape index (κ3) is 3.01. The van der Waals surface area contributed by atoms with Crippen molar-refractivity contribution >= 4 is 0 Å². The van der Waals surface area contributed by atoms with Crippen LogP contribution in [0.1, 0.15) is 35.1 Å². The molecule has 0 nitrogen and oxygen atoms in total. The summed E-state index contributed by atoms with van der Waals surface area (Å²) in [5.74, 6) is 0. The minimum atomic E-state index is 0.220. The molecule has 1 aliphatic carbocycles. The van der Waals surface area contributed by atoms with E-state index >= 15 is 0 Å². The number of fused-ring (bicyclic) bond motifs is 1. The zero-order valence-electron chi connectivity index (χ0n) is 14.1.